The molecule has 1 aliphatic heterocycles. The highest BCUT2D eigenvalue weighted by Crippen LogP contribution is 2.34. The highest BCUT2D eigenvalue weighted by Gasteiger charge is 2.32. The van der Waals surface area contributed by atoms with Gasteiger partial charge in [0.05, 0.1) is 13.2 Å². The maximum atomic E-state index is 13.1. The quantitative estimate of drug-likeness (QED) is 0.684. The van der Waals surface area contributed by atoms with Gasteiger partial charge in [0.25, 0.3) is 5.91 Å². The van der Waals surface area contributed by atoms with Crippen LogP contribution in [0.1, 0.15) is 35.0 Å². The minimum absolute atomic E-state index is 0.00257. The number of likely N-dealkylation sites (tertiary alicyclic amines) is 1. The molecule has 2 aromatic carbocycles. The molecule has 5 nitrogen and oxygen atoms in total. The monoisotopic (exact) mass is 366 g/mol. The van der Waals surface area contributed by atoms with Crippen LogP contribution < -0.4 is 4.74 Å². The minimum atomic E-state index is -0.321. The minimum Gasteiger partial charge on any atom is -0.497 e. The number of rotatable bonds is 4. The molecule has 1 fully saturated rings. The van der Waals surface area contributed by atoms with E-state index >= 15 is 0 Å². The van der Waals surface area contributed by atoms with Crippen LogP contribution in [0.15, 0.2) is 59.1 Å². The summed E-state index contributed by atoms with van der Waals surface area (Å²) >= 11 is 0. The molecular weight excluding hydrogens is 347 g/mol. The molecule has 1 amide bonds. The number of carbonyl (C=O) groups excluding carboxylic acids is 1. The van der Waals surface area contributed by atoms with Gasteiger partial charge in [-0.05, 0) is 54.8 Å². The van der Waals surface area contributed by atoms with Gasteiger partial charge in [-0.1, -0.05) is 17.3 Å². The highest BCUT2D eigenvalue weighted by molar-refractivity contribution is 5.93. The number of carbonyl (C=O) groups is 1. The summed E-state index contributed by atoms with van der Waals surface area (Å²) in [7, 11) is 1.63. The first kappa shape index (κ1) is 17.3. The van der Waals surface area contributed by atoms with Gasteiger partial charge >= 0.3 is 0 Å². The first-order valence-corrected chi connectivity index (χ1v) is 8.83. The molecule has 0 N–H and O–H groups in total. The molecule has 1 aliphatic rings. The maximum absolute atomic E-state index is 13.1. The predicted molar refractivity (Wildman–Crippen MR) is 97.9 cm³/mol. The van der Waals surface area contributed by atoms with Crippen molar-refractivity contribution in [1.29, 1.82) is 0 Å². The van der Waals surface area contributed by atoms with Gasteiger partial charge in [0, 0.05) is 18.2 Å². The maximum Gasteiger partial charge on any atom is 0.292 e. The number of ether oxygens (including phenoxy) is 1. The van der Waals surface area contributed by atoms with Crippen LogP contribution in [0.25, 0.3) is 11.3 Å². The molecule has 2 heterocycles. The standard InChI is InChI=1S/C21H19FN2O3/c1-26-17-10-6-15(7-11-17)19-3-2-12-24(19)21(25)20-13-18(23-27-20)14-4-8-16(22)9-5-14/h4-11,13,19H,2-3,12H2,1H3/t19-/m0/s1. The zero-order chi connectivity index (χ0) is 18.8. The zero-order valence-electron chi connectivity index (χ0n) is 14.9. The van der Waals surface area contributed by atoms with Crippen LogP contribution in [-0.4, -0.2) is 29.6 Å². The molecule has 0 saturated carbocycles. The molecule has 27 heavy (non-hydrogen) atoms. The molecular formula is C21H19FN2O3. The number of aromatic nitrogens is 1. The Hall–Kier alpha value is -3.15. The predicted octanol–water partition coefficient (Wildman–Crippen LogP) is 4.47. The lowest BCUT2D eigenvalue weighted by atomic mass is 10.0. The number of hydrogen-bond acceptors (Lipinski definition) is 4. The Bertz CT molecular complexity index is 935. The average Bonchev–Trinajstić information content (AvgIpc) is 3.38. The van der Waals surface area contributed by atoms with E-state index in [0.29, 0.717) is 17.8 Å². The second-order valence-electron chi connectivity index (χ2n) is 6.51. The molecule has 0 bridgehead atoms. The largest absolute Gasteiger partial charge is 0.497 e. The van der Waals surface area contributed by atoms with E-state index in [1.165, 1.54) is 12.1 Å². The summed E-state index contributed by atoms with van der Waals surface area (Å²) in [6, 6.07) is 15.3. The first-order valence-electron chi connectivity index (χ1n) is 8.83. The average molecular weight is 366 g/mol. The molecule has 138 valence electrons. The highest BCUT2D eigenvalue weighted by atomic mass is 19.1. The zero-order valence-corrected chi connectivity index (χ0v) is 14.9. The lowest BCUT2D eigenvalue weighted by Crippen LogP contribution is -2.30. The number of halogens is 1. The Balaban J connectivity index is 1.55. The third-order valence-electron chi connectivity index (χ3n) is 4.88. The summed E-state index contributed by atoms with van der Waals surface area (Å²) in [6.07, 6.45) is 1.83. The van der Waals surface area contributed by atoms with E-state index in [9.17, 15) is 9.18 Å². The van der Waals surface area contributed by atoms with Crippen LogP contribution in [0, 0.1) is 5.82 Å². The summed E-state index contributed by atoms with van der Waals surface area (Å²) in [5, 5.41) is 3.97. The van der Waals surface area contributed by atoms with Gasteiger partial charge in [-0.25, -0.2) is 4.39 Å². The summed E-state index contributed by atoms with van der Waals surface area (Å²) in [6.45, 7) is 0.669. The van der Waals surface area contributed by atoms with Crippen molar-refractivity contribution in [2.45, 2.75) is 18.9 Å². The molecule has 0 aliphatic carbocycles. The molecule has 6 heteroatoms. The normalized spacial score (nSPS) is 16.5. The molecule has 1 aromatic heterocycles. The Labute approximate surface area is 156 Å². The van der Waals surface area contributed by atoms with Crippen LogP contribution in [0.2, 0.25) is 0 Å². The van der Waals surface area contributed by atoms with Crippen molar-refractivity contribution in [1.82, 2.24) is 10.1 Å². The molecule has 1 atom stereocenters. The van der Waals surface area contributed by atoms with E-state index in [1.807, 2.05) is 29.2 Å². The van der Waals surface area contributed by atoms with Crippen LogP contribution in [0.5, 0.6) is 5.75 Å². The van der Waals surface area contributed by atoms with Crippen LogP contribution >= 0.6 is 0 Å². The lowest BCUT2D eigenvalue weighted by Gasteiger charge is -2.24. The van der Waals surface area contributed by atoms with E-state index in [0.717, 1.165) is 24.2 Å². The summed E-state index contributed by atoms with van der Waals surface area (Å²) in [5.74, 6) is 0.468. The number of benzene rings is 2. The fourth-order valence-corrected chi connectivity index (χ4v) is 3.46. The van der Waals surface area contributed by atoms with Gasteiger partial charge in [-0.15, -0.1) is 0 Å². The van der Waals surface area contributed by atoms with E-state index in [2.05, 4.69) is 5.16 Å². The van der Waals surface area contributed by atoms with Crippen molar-refractivity contribution < 1.29 is 18.4 Å². The number of hydrogen-bond donors (Lipinski definition) is 0. The first-order chi connectivity index (χ1) is 13.2. The Kier molecular flexibility index (Phi) is 4.62. The second-order valence-corrected chi connectivity index (χ2v) is 6.51. The van der Waals surface area contributed by atoms with Gasteiger partial charge < -0.3 is 14.2 Å². The van der Waals surface area contributed by atoms with Crippen LogP contribution in [0.4, 0.5) is 4.39 Å². The topological polar surface area (TPSA) is 55.6 Å². The fraction of sp³-hybridized carbons (Fsp3) is 0.238. The van der Waals surface area contributed by atoms with Gasteiger partial charge in [-0.2, -0.15) is 0 Å². The van der Waals surface area contributed by atoms with E-state index in [1.54, 1.807) is 25.3 Å². The van der Waals surface area contributed by atoms with Crippen molar-refractivity contribution >= 4 is 5.91 Å². The summed E-state index contributed by atoms with van der Waals surface area (Å²) < 4.78 is 23.6. The van der Waals surface area contributed by atoms with Crippen molar-refractivity contribution in [2.24, 2.45) is 0 Å². The lowest BCUT2D eigenvalue weighted by molar-refractivity contribution is 0.0693. The third-order valence-corrected chi connectivity index (χ3v) is 4.88. The second kappa shape index (κ2) is 7.23. The summed E-state index contributed by atoms with van der Waals surface area (Å²) in [5.41, 5.74) is 2.28. The van der Waals surface area contributed by atoms with Gasteiger partial charge in [0.15, 0.2) is 0 Å². The third kappa shape index (κ3) is 3.43. The molecule has 1 saturated heterocycles. The number of methoxy groups -OCH3 is 1. The van der Waals surface area contributed by atoms with E-state index < -0.39 is 0 Å². The molecule has 4 rings (SSSR count). The van der Waals surface area contributed by atoms with Crippen LogP contribution in [-0.2, 0) is 0 Å². The number of nitrogens with zero attached hydrogens (tertiary/aromatic N) is 2. The summed E-state index contributed by atoms with van der Waals surface area (Å²) in [4.78, 5) is 14.8. The smallest absolute Gasteiger partial charge is 0.292 e. The van der Waals surface area contributed by atoms with Crippen molar-refractivity contribution in [2.75, 3.05) is 13.7 Å². The number of amides is 1. The fourth-order valence-electron chi connectivity index (χ4n) is 3.46. The molecule has 0 spiro atoms. The Morgan fingerprint density at radius 1 is 1.19 bits per heavy atom. The van der Waals surface area contributed by atoms with Gasteiger partial charge in [-0.3, -0.25) is 4.79 Å². The molecule has 0 unspecified atom stereocenters. The van der Waals surface area contributed by atoms with Crippen molar-refractivity contribution in [3.05, 3.63) is 71.7 Å². The van der Waals surface area contributed by atoms with E-state index in [4.69, 9.17) is 9.26 Å². The van der Waals surface area contributed by atoms with Crippen molar-refractivity contribution in [3.8, 4) is 17.0 Å². The van der Waals surface area contributed by atoms with Gasteiger partial charge in [0.1, 0.15) is 17.3 Å². The SMILES string of the molecule is COc1ccc([C@@H]2CCCN2C(=O)c2cc(-c3ccc(F)cc3)no2)cc1. The van der Waals surface area contributed by atoms with Crippen LogP contribution in [0.3, 0.4) is 0 Å². The van der Waals surface area contributed by atoms with Crippen molar-refractivity contribution in [3.63, 3.8) is 0 Å². The Morgan fingerprint density at radius 3 is 2.63 bits per heavy atom. The van der Waals surface area contributed by atoms with Gasteiger partial charge in [0.2, 0.25) is 5.76 Å². The Morgan fingerprint density at radius 2 is 1.93 bits per heavy atom. The van der Waals surface area contributed by atoms with E-state index in [-0.39, 0.29) is 23.5 Å². The molecule has 3 aromatic rings. The molecule has 0 radical (unpaired) electrons.